The highest BCUT2D eigenvalue weighted by Gasteiger charge is 2.37. The van der Waals surface area contributed by atoms with Crippen LogP contribution in [0, 0.1) is 0 Å². The van der Waals surface area contributed by atoms with Crippen LogP contribution in [-0.4, -0.2) is 46.0 Å². The molecule has 1 atom stereocenters. The van der Waals surface area contributed by atoms with Gasteiger partial charge < -0.3 is 9.16 Å². The van der Waals surface area contributed by atoms with Crippen LogP contribution >= 0.6 is 11.6 Å². The zero-order valence-corrected chi connectivity index (χ0v) is 24.5. The zero-order chi connectivity index (χ0) is 26.3. The summed E-state index contributed by atoms with van der Waals surface area (Å²) in [5, 5.41) is 1.06. The lowest BCUT2D eigenvalue weighted by Crippen LogP contribution is -2.41. The number of rotatable bonds is 11. The first kappa shape index (κ1) is 28.6. The quantitative estimate of drug-likeness (QED) is 0.131. The maximum atomic E-state index is 11.5. The van der Waals surface area contributed by atoms with Crippen molar-refractivity contribution < 1.29 is 14.0 Å². The van der Waals surface area contributed by atoms with Gasteiger partial charge in [-0.25, -0.2) is 4.79 Å². The number of benzene rings is 2. The van der Waals surface area contributed by atoms with Crippen LogP contribution in [0.2, 0.25) is 23.2 Å². The molecule has 1 aliphatic rings. The molecule has 0 saturated carbocycles. The number of carbonyl (C=O) groups excluding carboxylic acids is 1. The number of hydrogen-bond acceptors (Lipinski definition) is 4. The molecule has 1 unspecified atom stereocenters. The molecule has 0 amide bonds. The number of ether oxygens (including phenoxy) is 1. The van der Waals surface area contributed by atoms with Gasteiger partial charge in [-0.3, -0.25) is 4.90 Å². The molecule has 0 aliphatic heterocycles. The Bertz CT molecular complexity index is 1060. The molecular formula is C30H42ClNO3Si. The average Bonchev–Trinajstić information content (AvgIpc) is 3.25. The normalized spacial score (nSPS) is 16.1. The smallest absolute Gasteiger partial charge is 0.330 e. The van der Waals surface area contributed by atoms with Crippen molar-refractivity contribution in [2.75, 3.05) is 26.8 Å². The Morgan fingerprint density at radius 2 is 1.92 bits per heavy atom. The first-order valence-corrected chi connectivity index (χ1v) is 16.3. The molecule has 4 nitrogen and oxygen atoms in total. The highest BCUT2D eigenvalue weighted by atomic mass is 35.5. The van der Waals surface area contributed by atoms with Crippen molar-refractivity contribution in [1.29, 1.82) is 0 Å². The minimum Gasteiger partial charge on any atom is -0.466 e. The summed E-state index contributed by atoms with van der Waals surface area (Å²) in [5.41, 5.74) is 5.00. The summed E-state index contributed by atoms with van der Waals surface area (Å²) in [7, 11) is -0.348. The molecule has 0 bridgehead atoms. The number of aryl methyl sites for hydroxylation is 1. The number of nitrogens with zero attached hydrogens (tertiary/aromatic N) is 1. The average molecular weight is 528 g/mol. The van der Waals surface area contributed by atoms with Crippen molar-refractivity contribution in [2.24, 2.45) is 0 Å². The number of hydrogen-bond donors (Lipinski definition) is 0. The van der Waals surface area contributed by atoms with Crippen molar-refractivity contribution in [3.05, 3.63) is 75.8 Å². The summed E-state index contributed by atoms with van der Waals surface area (Å²) in [4.78, 5) is 14.1. The fraction of sp³-hybridized carbons (Fsp3) is 0.500. The second-order valence-corrected chi connectivity index (χ2v) is 16.4. The molecule has 0 saturated heterocycles. The van der Waals surface area contributed by atoms with Crippen molar-refractivity contribution in [3.8, 4) is 0 Å². The van der Waals surface area contributed by atoms with E-state index in [0.717, 1.165) is 56.0 Å². The van der Waals surface area contributed by atoms with Gasteiger partial charge in [0, 0.05) is 36.8 Å². The van der Waals surface area contributed by atoms with Crippen LogP contribution in [0.25, 0.3) is 6.08 Å². The van der Waals surface area contributed by atoms with Crippen molar-refractivity contribution >= 4 is 32.0 Å². The number of methoxy groups -OCH3 is 1. The molecule has 2 aromatic rings. The molecule has 0 heterocycles. The number of esters is 1. The topological polar surface area (TPSA) is 38.8 Å². The van der Waals surface area contributed by atoms with E-state index in [1.807, 2.05) is 18.2 Å². The van der Waals surface area contributed by atoms with Gasteiger partial charge in [0.05, 0.1) is 7.11 Å². The van der Waals surface area contributed by atoms with Gasteiger partial charge in [-0.15, -0.1) is 0 Å². The number of fused-ring (bicyclic) bond motifs is 1. The van der Waals surface area contributed by atoms with Gasteiger partial charge in [-0.1, -0.05) is 68.8 Å². The van der Waals surface area contributed by atoms with Gasteiger partial charge >= 0.3 is 5.97 Å². The van der Waals surface area contributed by atoms with Crippen LogP contribution in [0.1, 0.15) is 61.9 Å². The maximum Gasteiger partial charge on any atom is 0.330 e. The molecule has 3 rings (SSSR count). The van der Waals surface area contributed by atoms with E-state index in [9.17, 15) is 4.79 Å². The van der Waals surface area contributed by atoms with E-state index < -0.39 is 8.32 Å². The van der Waals surface area contributed by atoms with Crippen molar-refractivity contribution in [1.82, 2.24) is 4.90 Å². The van der Waals surface area contributed by atoms with E-state index in [0.29, 0.717) is 6.04 Å². The molecule has 0 N–H and O–H groups in total. The lowest BCUT2D eigenvalue weighted by atomic mass is 10.0. The zero-order valence-electron chi connectivity index (χ0n) is 22.8. The molecule has 196 valence electrons. The third-order valence-corrected chi connectivity index (χ3v) is 12.7. The largest absolute Gasteiger partial charge is 0.466 e. The first-order valence-electron chi connectivity index (χ1n) is 13.0. The summed E-state index contributed by atoms with van der Waals surface area (Å²) in [6.45, 7) is 14.3. The van der Waals surface area contributed by atoms with Gasteiger partial charge in [-0.2, -0.15) is 0 Å². The van der Waals surface area contributed by atoms with Gasteiger partial charge in [0.1, 0.15) is 0 Å². The first-order chi connectivity index (χ1) is 17.0. The summed E-state index contributed by atoms with van der Waals surface area (Å²) in [6, 6.07) is 15.1. The molecular weight excluding hydrogens is 486 g/mol. The van der Waals surface area contributed by atoms with E-state index in [2.05, 4.69) is 69.1 Å². The monoisotopic (exact) mass is 527 g/mol. The molecule has 2 aromatic carbocycles. The molecule has 6 heteroatoms. The summed E-state index contributed by atoms with van der Waals surface area (Å²) < 4.78 is 11.2. The van der Waals surface area contributed by atoms with Crippen molar-refractivity contribution in [2.45, 2.75) is 70.6 Å². The Labute approximate surface area is 223 Å². The van der Waals surface area contributed by atoms with E-state index in [4.69, 9.17) is 20.8 Å². The van der Waals surface area contributed by atoms with Crippen LogP contribution in [0.15, 0.2) is 48.5 Å². The minimum atomic E-state index is -1.75. The number of carbonyl (C=O) groups is 1. The second kappa shape index (κ2) is 12.5. The molecule has 0 fully saturated rings. The van der Waals surface area contributed by atoms with E-state index in [-0.39, 0.29) is 11.0 Å². The number of halogens is 1. The van der Waals surface area contributed by atoms with E-state index in [1.165, 1.54) is 29.9 Å². The maximum absolute atomic E-state index is 11.5. The standard InChI is InChI=1S/C30H42ClNO3Si/c1-30(2,3)36(5,6)35-21-9-19-32(20-18-24-10-7-8-11-27(24)31)28-16-14-25-22-23(12-15-26(25)28)13-17-29(33)34-4/h7-8,10-13,15,17,22,28H,9,14,16,18-21H2,1-6H3. The third-order valence-electron chi connectivity index (χ3n) is 7.75. The van der Waals surface area contributed by atoms with Crippen LogP contribution in [-0.2, 0) is 26.8 Å². The summed E-state index contributed by atoms with van der Waals surface area (Å²) in [6.07, 6.45) is 7.39. The van der Waals surface area contributed by atoms with Crippen LogP contribution in [0.4, 0.5) is 0 Å². The Kier molecular flexibility index (Phi) is 9.99. The second-order valence-electron chi connectivity index (χ2n) is 11.2. The highest BCUT2D eigenvalue weighted by molar-refractivity contribution is 6.74. The fourth-order valence-electron chi connectivity index (χ4n) is 4.53. The van der Waals surface area contributed by atoms with Crippen LogP contribution in [0.5, 0.6) is 0 Å². The Balaban J connectivity index is 1.72. The molecule has 0 aromatic heterocycles. The van der Waals surface area contributed by atoms with Gasteiger partial charge in [0.2, 0.25) is 0 Å². The van der Waals surface area contributed by atoms with E-state index in [1.54, 1.807) is 0 Å². The van der Waals surface area contributed by atoms with Gasteiger partial charge in [-0.05, 0) is 78.2 Å². The van der Waals surface area contributed by atoms with Gasteiger partial charge in [0.25, 0.3) is 0 Å². The predicted molar refractivity (Wildman–Crippen MR) is 153 cm³/mol. The molecule has 0 spiro atoms. The highest BCUT2D eigenvalue weighted by Crippen LogP contribution is 2.38. The SMILES string of the molecule is COC(=O)C=Cc1ccc2c(c1)CCC2N(CCCO[Si](C)(C)C(C)(C)C)CCc1ccccc1Cl. The molecule has 36 heavy (non-hydrogen) atoms. The van der Waals surface area contributed by atoms with E-state index >= 15 is 0 Å². The van der Waals surface area contributed by atoms with Crippen molar-refractivity contribution in [3.63, 3.8) is 0 Å². The molecule has 0 radical (unpaired) electrons. The van der Waals surface area contributed by atoms with Crippen LogP contribution in [0.3, 0.4) is 0 Å². The Hall–Kier alpha value is -1.92. The third kappa shape index (κ3) is 7.55. The molecule has 1 aliphatic carbocycles. The summed E-state index contributed by atoms with van der Waals surface area (Å²) >= 11 is 6.47. The van der Waals surface area contributed by atoms with Gasteiger partial charge in [0.15, 0.2) is 8.32 Å². The predicted octanol–water partition coefficient (Wildman–Crippen LogP) is 7.47. The summed E-state index contributed by atoms with van der Waals surface area (Å²) in [5.74, 6) is -0.334. The fourth-order valence-corrected chi connectivity index (χ4v) is 5.85. The lowest BCUT2D eigenvalue weighted by molar-refractivity contribution is -0.134. The Morgan fingerprint density at radius 1 is 1.17 bits per heavy atom. The minimum absolute atomic E-state index is 0.223. The van der Waals surface area contributed by atoms with Crippen LogP contribution < -0.4 is 0 Å². The lowest BCUT2D eigenvalue weighted by Gasteiger charge is -2.36. The Morgan fingerprint density at radius 3 is 2.61 bits per heavy atom.